The number of fused-ring (bicyclic) bond motifs is 3. The summed E-state index contributed by atoms with van der Waals surface area (Å²) >= 11 is 6.36. The molecule has 1 aliphatic carbocycles. The Morgan fingerprint density at radius 1 is 1.05 bits per heavy atom. The van der Waals surface area contributed by atoms with Crippen molar-refractivity contribution in [3.8, 4) is 5.75 Å². The first-order valence-corrected chi connectivity index (χ1v) is 14.3. The third-order valence-electron chi connectivity index (χ3n) is 9.25. The highest BCUT2D eigenvalue weighted by molar-refractivity contribution is 6.31. The van der Waals surface area contributed by atoms with Crippen LogP contribution in [0, 0.1) is 18.8 Å². The van der Waals surface area contributed by atoms with Crippen LogP contribution < -0.4 is 4.74 Å². The first-order valence-electron chi connectivity index (χ1n) is 14.0. The molecule has 2 aromatic carbocycles. The number of aryl methyl sites for hydroxylation is 1. The number of quaternary nitrogens is 1. The van der Waals surface area contributed by atoms with E-state index in [9.17, 15) is 5.11 Å². The van der Waals surface area contributed by atoms with Gasteiger partial charge in [0.25, 0.3) is 0 Å². The van der Waals surface area contributed by atoms with Crippen LogP contribution in [0.2, 0.25) is 5.02 Å². The predicted octanol–water partition coefficient (Wildman–Crippen LogP) is 6.64. The summed E-state index contributed by atoms with van der Waals surface area (Å²) in [5.41, 5.74) is 0.758. The molecule has 0 radical (unpaired) electrons. The molecule has 2 bridgehead atoms. The van der Waals surface area contributed by atoms with Gasteiger partial charge in [0.1, 0.15) is 18.8 Å². The van der Waals surface area contributed by atoms with Gasteiger partial charge in [-0.25, -0.2) is 4.98 Å². The second kappa shape index (κ2) is 10.1. The second-order valence-electron chi connectivity index (χ2n) is 11.6. The Hall–Kier alpha value is -2.34. The molecule has 4 fully saturated rings. The quantitative estimate of drug-likeness (QED) is 0.354. The molecule has 196 valence electrons. The summed E-state index contributed by atoms with van der Waals surface area (Å²) in [5.74, 6) is 2.87. The molecule has 0 spiro atoms. The standard InChI is InChI=1S/C31H38ClN2O3/c1-22-12-13-26(18-28(22)32)36-29-21-34(16-14-23(29)15-17-34)20-27-19-33-30(37-27)31(35,24-8-4-2-5-9-24)25-10-6-3-7-11-25/h2,4-5,8-9,12-13,18-19,23,25,29,35H,3,6-7,10-11,14-17,20-21H2,1H3/q+1/t23?,29-,31-,34?/m0/s1. The molecular formula is C31H38ClN2O3+. The van der Waals surface area contributed by atoms with Gasteiger partial charge in [-0.1, -0.05) is 67.3 Å². The highest BCUT2D eigenvalue weighted by atomic mass is 35.5. The molecule has 1 aromatic heterocycles. The van der Waals surface area contributed by atoms with E-state index in [-0.39, 0.29) is 12.0 Å². The van der Waals surface area contributed by atoms with Crippen LogP contribution in [0.25, 0.3) is 0 Å². The molecule has 1 saturated carbocycles. The molecule has 0 unspecified atom stereocenters. The first-order chi connectivity index (χ1) is 18.0. The lowest BCUT2D eigenvalue weighted by atomic mass is 9.73. The van der Waals surface area contributed by atoms with Crippen molar-refractivity contribution in [1.82, 2.24) is 4.98 Å². The Kier molecular flexibility index (Phi) is 6.81. The fourth-order valence-electron chi connectivity index (χ4n) is 7.03. The molecule has 0 amide bonds. The van der Waals surface area contributed by atoms with E-state index in [1.54, 1.807) is 0 Å². The van der Waals surface area contributed by atoms with Gasteiger partial charge in [0, 0.05) is 29.7 Å². The van der Waals surface area contributed by atoms with Gasteiger partial charge in [0.05, 0.1) is 19.3 Å². The monoisotopic (exact) mass is 521 g/mol. The van der Waals surface area contributed by atoms with Gasteiger partial charge in [-0.15, -0.1) is 0 Å². The molecule has 4 aliphatic rings. The topological polar surface area (TPSA) is 55.5 Å². The van der Waals surface area contributed by atoms with E-state index in [1.165, 1.54) is 6.42 Å². The van der Waals surface area contributed by atoms with Crippen LogP contribution in [0.1, 0.15) is 67.7 Å². The largest absolute Gasteiger partial charge is 0.484 e. The predicted molar refractivity (Wildman–Crippen MR) is 144 cm³/mol. The highest BCUT2D eigenvalue weighted by Crippen LogP contribution is 2.44. The molecular weight excluding hydrogens is 484 g/mol. The molecule has 1 N–H and O–H groups in total. The minimum absolute atomic E-state index is 0.118. The number of halogens is 1. The van der Waals surface area contributed by atoms with Crippen molar-refractivity contribution in [2.24, 2.45) is 11.8 Å². The first kappa shape index (κ1) is 25.0. The van der Waals surface area contributed by atoms with Crippen LogP contribution in [-0.4, -0.2) is 40.3 Å². The maximum atomic E-state index is 12.2. The Bertz CT molecular complexity index is 1210. The van der Waals surface area contributed by atoms with Gasteiger partial charge in [0.15, 0.2) is 17.5 Å². The van der Waals surface area contributed by atoms with Crippen LogP contribution >= 0.6 is 11.6 Å². The van der Waals surface area contributed by atoms with Crippen molar-refractivity contribution < 1.29 is 18.7 Å². The van der Waals surface area contributed by atoms with E-state index < -0.39 is 5.60 Å². The lowest BCUT2D eigenvalue weighted by molar-refractivity contribution is -0.958. The fraction of sp³-hybridized carbons (Fsp3) is 0.516. The van der Waals surface area contributed by atoms with Crippen LogP contribution in [0.5, 0.6) is 5.75 Å². The molecule has 3 aliphatic heterocycles. The van der Waals surface area contributed by atoms with Crippen molar-refractivity contribution in [3.63, 3.8) is 0 Å². The average molecular weight is 522 g/mol. The van der Waals surface area contributed by atoms with E-state index in [2.05, 4.69) is 0 Å². The number of aliphatic hydroxyl groups is 1. The SMILES string of the molecule is Cc1ccc(O[C@H]2C[N+]3(Cc4cnc([C@](O)(c5ccccc5)C5CCCCC5)o4)CCC2CC3)cc1Cl. The summed E-state index contributed by atoms with van der Waals surface area (Å²) in [6, 6.07) is 16.0. The molecule has 4 heterocycles. The highest BCUT2D eigenvalue weighted by Gasteiger charge is 2.49. The fourth-order valence-corrected chi connectivity index (χ4v) is 7.20. The van der Waals surface area contributed by atoms with Gasteiger partial charge in [-0.3, -0.25) is 0 Å². The van der Waals surface area contributed by atoms with Gasteiger partial charge < -0.3 is 18.7 Å². The van der Waals surface area contributed by atoms with Crippen LogP contribution in [0.3, 0.4) is 0 Å². The zero-order valence-electron chi connectivity index (χ0n) is 21.7. The number of nitrogens with zero attached hydrogens (tertiary/aromatic N) is 2. The van der Waals surface area contributed by atoms with E-state index in [1.807, 2.05) is 61.7 Å². The van der Waals surface area contributed by atoms with E-state index >= 15 is 0 Å². The summed E-state index contributed by atoms with van der Waals surface area (Å²) in [7, 11) is 0. The van der Waals surface area contributed by atoms with Crippen LogP contribution in [0.4, 0.5) is 0 Å². The number of ether oxygens (including phenoxy) is 1. The van der Waals surface area contributed by atoms with Gasteiger partial charge in [-0.2, -0.15) is 0 Å². The van der Waals surface area contributed by atoms with Crippen LogP contribution in [-0.2, 0) is 12.1 Å². The summed E-state index contributed by atoms with van der Waals surface area (Å²) in [4.78, 5) is 4.72. The smallest absolute Gasteiger partial charge is 0.231 e. The Labute approximate surface area is 225 Å². The van der Waals surface area contributed by atoms with E-state index in [0.717, 1.165) is 96.8 Å². The normalized spacial score (nSPS) is 27.6. The lowest BCUT2D eigenvalue weighted by Gasteiger charge is -2.51. The third kappa shape index (κ3) is 4.82. The van der Waals surface area contributed by atoms with E-state index in [0.29, 0.717) is 11.8 Å². The van der Waals surface area contributed by atoms with E-state index in [4.69, 9.17) is 25.7 Å². The number of aromatic nitrogens is 1. The van der Waals surface area contributed by atoms with Crippen molar-refractivity contribution in [2.45, 2.75) is 70.1 Å². The van der Waals surface area contributed by atoms with Crippen molar-refractivity contribution in [2.75, 3.05) is 19.6 Å². The number of hydrogen-bond donors (Lipinski definition) is 1. The Balaban J connectivity index is 1.23. The summed E-state index contributed by atoms with van der Waals surface area (Å²) in [6.07, 6.45) is 9.84. The maximum Gasteiger partial charge on any atom is 0.231 e. The number of rotatable bonds is 7. The van der Waals surface area contributed by atoms with Crippen molar-refractivity contribution >= 4 is 11.6 Å². The van der Waals surface area contributed by atoms with Gasteiger partial charge >= 0.3 is 0 Å². The molecule has 7 rings (SSSR count). The number of benzene rings is 2. The summed E-state index contributed by atoms with van der Waals surface area (Å²) in [5, 5.41) is 12.9. The van der Waals surface area contributed by atoms with Crippen molar-refractivity contribution in [1.29, 1.82) is 0 Å². The maximum absolute atomic E-state index is 12.2. The third-order valence-corrected chi connectivity index (χ3v) is 9.66. The summed E-state index contributed by atoms with van der Waals surface area (Å²) < 4.78 is 13.9. The second-order valence-corrected chi connectivity index (χ2v) is 12.0. The zero-order chi connectivity index (χ0) is 25.5. The van der Waals surface area contributed by atoms with Crippen LogP contribution in [0.15, 0.2) is 59.1 Å². The van der Waals surface area contributed by atoms with Crippen molar-refractivity contribution in [3.05, 3.63) is 82.5 Å². The number of oxazole rings is 1. The van der Waals surface area contributed by atoms with Gasteiger partial charge in [0.2, 0.25) is 5.89 Å². The molecule has 37 heavy (non-hydrogen) atoms. The average Bonchev–Trinajstić information content (AvgIpc) is 3.40. The molecule has 3 aromatic rings. The summed E-state index contributed by atoms with van der Waals surface area (Å²) in [6.45, 7) is 6.00. The Morgan fingerprint density at radius 2 is 1.81 bits per heavy atom. The minimum atomic E-state index is -1.19. The zero-order valence-corrected chi connectivity index (χ0v) is 22.5. The number of hydrogen-bond acceptors (Lipinski definition) is 4. The molecule has 6 heteroatoms. The number of piperidine rings is 3. The molecule has 2 atom stereocenters. The lowest BCUT2D eigenvalue weighted by Crippen LogP contribution is -2.64. The van der Waals surface area contributed by atoms with Gasteiger partial charge in [-0.05, 0) is 43.0 Å². The minimum Gasteiger partial charge on any atom is -0.484 e. The molecule has 5 nitrogen and oxygen atoms in total. The Morgan fingerprint density at radius 3 is 2.54 bits per heavy atom. The molecule has 3 saturated heterocycles.